The van der Waals surface area contributed by atoms with Crippen LogP contribution >= 0.6 is 0 Å². The second-order valence-corrected chi connectivity index (χ2v) is 6.89. The third kappa shape index (κ3) is 3.80. The monoisotopic (exact) mass is 269 g/mol. The van der Waals surface area contributed by atoms with E-state index in [0.717, 1.165) is 12.1 Å². The van der Waals surface area contributed by atoms with Gasteiger partial charge in [-0.2, -0.15) is 0 Å². The fourth-order valence-corrected chi connectivity index (χ4v) is 2.45. The van der Waals surface area contributed by atoms with Gasteiger partial charge in [-0.15, -0.1) is 0 Å². The molecule has 4 nitrogen and oxygen atoms in total. The van der Waals surface area contributed by atoms with Crippen LogP contribution in [0.2, 0.25) is 0 Å². The number of rotatable bonds is 6. The van der Waals surface area contributed by atoms with Gasteiger partial charge in [0.2, 0.25) is 0 Å². The molecule has 0 saturated heterocycles. The van der Waals surface area contributed by atoms with Crippen LogP contribution in [0.15, 0.2) is 29.2 Å². The predicted octanol–water partition coefficient (Wildman–Crippen LogP) is 1.27. The van der Waals surface area contributed by atoms with E-state index >= 15 is 0 Å². The smallest absolute Gasteiger partial charge is 0.175 e. The van der Waals surface area contributed by atoms with Gasteiger partial charge in [-0.3, -0.25) is 0 Å². The van der Waals surface area contributed by atoms with E-state index in [2.05, 4.69) is 5.32 Å². The molecular weight excluding hydrogens is 250 g/mol. The highest BCUT2D eigenvalue weighted by Gasteiger charge is 2.20. The second-order valence-electron chi connectivity index (χ2n) is 4.87. The number of hydrogen-bond acceptors (Lipinski definition) is 4. The van der Waals surface area contributed by atoms with Gasteiger partial charge in [-0.1, -0.05) is 12.1 Å². The van der Waals surface area contributed by atoms with Crippen LogP contribution in [0.5, 0.6) is 0 Å². The fraction of sp³-hybridized carbons (Fsp3) is 0.538. The second kappa shape index (κ2) is 5.38. The minimum absolute atomic E-state index is 0.287. The predicted molar refractivity (Wildman–Crippen MR) is 70.2 cm³/mol. The minimum atomic E-state index is -3.16. The maximum atomic E-state index is 11.3. The third-order valence-electron chi connectivity index (χ3n) is 3.12. The SMILES string of the molecule is CS(=O)(=O)c1ccc(C(O)CCNC2CC2)cc1. The van der Waals surface area contributed by atoms with Crippen molar-refractivity contribution in [2.75, 3.05) is 12.8 Å². The van der Waals surface area contributed by atoms with Crippen LogP contribution in [0.3, 0.4) is 0 Å². The molecular formula is C13H19NO3S. The molecule has 1 aromatic carbocycles. The average molecular weight is 269 g/mol. The Kier molecular flexibility index (Phi) is 4.04. The Hall–Kier alpha value is -0.910. The molecule has 1 aliphatic carbocycles. The molecule has 1 fully saturated rings. The van der Waals surface area contributed by atoms with E-state index in [1.54, 1.807) is 24.3 Å². The zero-order chi connectivity index (χ0) is 13.2. The molecule has 0 heterocycles. The first-order valence-electron chi connectivity index (χ1n) is 6.18. The van der Waals surface area contributed by atoms with Crippen molar-refractivity contribution in [1.82, 2.24) is 5.32 Å². The highest BCUT2D eigenvalue weighted by Crippen LogP contribution is 2.21. The van der Waals surface area contributed by atoms with Gasteiger partial charge in [-0.05, 0) is 43.5 Å². The summed E-state index contributed by atoms with van der Waals surface area (Å²) in [6, 6.07) is 7.09. The first-order valence-corrected chi connectivity index (χ1v) is 8.07. The molecule has 1 saturated carbocycles. The molecule has 1 atom stereocenters. The first-order chi connectivity index (χ1) is 8.47. The zero-order valence-electron chi connectivity index (χ0n) is 10.5. The number of aliphatic hydroxyl groups excluding tert-OH is 1. The summed E-state index contributed by atoms with van der Waals surface area (Å²) < 4.78 is 22.6. The van der Waals surface area contributed by atoms with Crippen LogP contribution in [-0.2, 0) is 9.84 Å². The van der Waals surface area contributed by atoms with Crippen LogP contribution in [-0.4, -0.2) is 32.4 Å². The van der Waals surface area contributed by atoms with Gasteiger partial charge in [0, 0.05) is 12.3 Å². The zero-order valence-corrected chi connectivity index (χ0v) is 11.3. The summed E-state index contributed by atoms with van der Waals surface area (Å²) in [5, 5.41) is 13.3. The standard InChI is InChI=1S/C13H19NO3S/c1-18(16,17)12-6-2-10(3-7-12)13(15)8-9-14-11-4-5-11/h2-3,6-7,11,13-15H,4-5,8-9H2,1H3. The van der Waals surface area contributed by atoms with E-state index in [-0.39, 0.29) is 4.90 Å². The summed E-state index contributed by atoms with van der Waals surface area (Å²) >= 11 is 0. The van der Waals surface area contributed by atoms with Crippen molar-refractivity contribution in [3.63, 3.8) is 0 Å². The van der Waals surface area contributed by atoms with Gasteiger partial charge in [0.25, 0.3) is 0 Å². The first kappa shape index (κ1) is 13.5. The maximum Gasteiger partial charge on any atom is 0.175 e. The van der Waals surface area contributed by atoms with E-state index in [4.69, 9.17) is 0 Å². The molecule has 0 amide bonds. The van der Waals surface area contributed by atoms with Gasteiger partial charge in [0.15, 0.2) is 9.84 Å². The molecule has 2 N–H and O–H groups in total. The van der Waals surface area contributed by atoms with Gasteiger partial charge < -0.3 is 10.4 Å². The number of hydrogen-bond donors (Lipinski definition) is 2. The Labute approximate surface area is 108 Å². The molecule has 0 aliphatic heterocycles. The van der Waals surface area contributed by atoms with E-state index < -0.39 is 15.9 Å². The van der Waals surface area contributed by atoms with Crippen molar-refractivity contribution >= 4 is 9.84 Å². The molecule has 100 valence electrons. The van der Waals surface area contributed by atoms with E-state index in [1.807, 2.05) is 0 Å². The topological polar surface area (TPSA) is 66.4 Å². The summed E-state index contributed by atoms with van der Waals surface area (Å²) in [5.74, 6) is 0. The Balaban J connectivity index is 1.91. The van der Waals surface area contributed by atoms with Crippen molar-refractivity contribution in [3.05, 3.63) is 29.8 Å². The molecule has 0 aromatic heterocycles. The lowest BCUT2D eigenvalue weighted by Crippen LogP contribution is -2.19. The fourth-order valence-electron chi connectivity index (χ4n) is 1.82. The van der Waals surface area contributed by atoms with Gasteiger partial charge in [-0.25, -0.2) is 8.42 Å². The minimum Gasteiger partial charge on any atom is -0.388 e. The highest BCUT2D eigenvalue weighted by molar-refractivity contribution is 7.90. The molecule has 2 rings (SSSR count). The lowest BCUT2D eigenvalue weighted by atomic mass is 10.1. The largest absolute Gasteiger partial charge is 0.388 e. The number of aliphatic hydroxyl groups is 1. The van der Waals surface area contributed by atoms with E-state index in [9.17, 15) is 13.5 Å². The summed E-state index contributed by atoms with van der Waals surface area (Å²) in [5.41, 5.74) is 0.764. The Bertz CT molecular complexity index is 491. The van der Waals surface area contributed by atoms with E-state index in [0.29, 0.717) is 12.5 Å². The number of benzene rings is 1. The van der Waals surface area contributed by atoms with Crippen LogP contribution < -0.4 is 5.32 Å². The van der Waals surface area contributed by atoms with Gasteiger partial charge in [0.05, 0.1) is 11.0 Å². The lowest BCUT2D eigenvalue weighted by molar-refractivity contribution is 0.166. The molecule has 5 heteroatoms. The van der Waals surface area contributed by atoms with Crippen LogP contribution in [0.4, 0.5) is 0 Å². The Morgan fingerprint density at radius 3 is 2.44 bits per heavy atom. The maximum absolute atomic E-state index is 11.3. The van der Waals surface area contributed by atoms with E-state index in [1.165, 1.54) is 19.1 Å². The Morgan fingerprint density at radius 2 is 1.94 bits per heavy atom. The number of nitrogens with one attached hydrogen (secondary N) is 1. The average Bonchev–Trinajstić information content (AvgIpc) is 3.12. The van der Waals surface area contributed by atoms with Crippen molar-refractivity contribution < 1.29 is 13.5 Å². The summed E-state index contributed by atoms with van der Waals surface area (Å²) in [4.78, 5) is 0.287. The van der Waals surface area contributed by atoms with Gasteiger partial charge in [0.1, 0.15) is 0 Å². The Morgan fingerprint density at radius 1 is 1.33 bits per heavy atom. The van der Waals surface area contributed by atoms with Crippen molar-refractivity contribution in [1.29, 1.82) is 0 Å². The molecule has 18 heavy (non-hydrogen) atoms. The molecule has 1 aromatic rings. The van der Waals surface area contributed by atoms with Crippen LogP contribution in [0, 0.1) is 0 Å². The molecule has 1 aliphatic rings. The summed E-state index contributed by atoms with van der Waals surface area (Å²) in [6.45, 7) is 0.791. The van der Waals surface area contributed by atoms with Crippen molar-refractivity contribution in [3.8, 4) is 0 Å². The highest BCUT2D eigenvalue weighted by atomic mass is 32.2. The molecule has 0 bridgehead atoms. The quantitative estimate of drug-likeness (QED) is 0.816. The van der Waals surface area contributed by atoms with Crippen LogP contribution in [0.1, 0.15) is 30.9 Å². The number of sulfone groups is 1. The molecule has 0 radical (unpaired) electrons. The molecule has 0 spiro atoms. The van der Waals surface area contributed by atoms with Gasteiger partial charge >= 0.3 is 0 Å². The van der Waals surface area contributed by atoms with Crippen LogP contribution in [0.25, 0.3) is 0 Å². The summed E-state index contributed by atoms with van der Waals surface area (Å²) in [7, 11) is -3.16. The van der Waals surface area contributed by atoms with Crippen molar-refractivity contribution in [2.45, 2.75) is 36.3 Å². The van der Waals surface area contributed by atoms with Crippen molar-refractivity contribution in [2.24, 2.45) is 0 Å². The lowest BCUT2D eigenvalue weighted by Gasteiger charge is -2.11. The third-order valence-corrected chi connectivity index (χ3v) is 4.25. The normalized spacial score (nSPS) is 17.7. The summed E-state index contributed by atoms with van der Waals surface area (Å²) in [6.07, 6.45) is 3.76. The molecule has 1 unspecified atom stereocenters.